The average Bonchev–Trinajstić information content (AvgIpc) is 2.38. The highest BCUT2D eigenvalue weighted by Gasteiger charge is 2.50. The summed E-state index contributed by atoms with van der Waals surface area (Å²) in [7, 11) is -4.57. The molecule has 0 aliphatic carbocycles. The van der Waals surface area contributed by atoms with Crippen molar-refractivity contribution in [2.24, 2.45) is 5.73 Å². The van der Waals surface area contributed by atoms with Crippen molar-refractivity contribution >= 4 is 22.2 Å². The Kier molecular flexibility index (Phi) is 2.31. The second-order valence-electron chi connectivity index (χ2n) is 3.86. The van der Waals surface area contributed by atoms with Gasteiger partial charge in [-0.1, -0.05) is 0 Å². The van der Waals surface area contributed by atoms with Gasteiger partial charge >= 0.3 is 16.3 Å². The van der Waals surface area contributed by atoms with Gasteiger partial charge in [0.15, 0.2) is 0 Å². The number of rotatable bonds is 2. The van der Waals surface area contributed by atoms with Gasteiger partial charge in [0.1, 0.15) is 6.04 Å². The molecule has 2 heterocycles. The van der Waals surface area contributed by atoms with Crippen LogP contribution in [0.5, 0.6) is 0 Å². The van der Waals surface area contributed by atoms with E-state index in [1.807, 2.05) is 0 Å². The third-order valence-electron chi connectivity index (χ3n) is 2.90. The molecule has 0 aromatic rings. The van der Waals surface area contributed by atoms with Crippen LogP contribution in [-0.4, -0.2) is 52.7 Å². The van der Waals surface area contributed by atoms with Crippen molar-refractivity contribution in [3.8, 4) is 0 Å². The van der Waals surface area contributed by atoms with E-state index in [1.54, 1.807) is 0 Å². The van der Waals surface area contributed by atoms with Crippen LogP contribution in [0.25, 0.3) is 0 Å². The molecule has 90 valence electrons. The van der Waals surface area contributed by atoms with Gasteiger partial charge in [-0.25, -0.2) is 4.79 Å². The van der Waals surface area contributed by atoms with Gasteiger partial charge in [-0.2, -0.15) is 12.7 Å². The number of hydrogen-bond acceptors (Lipinski definition) is 4. The summed E-state index contributed by atoms with van der Waals surface area (Å²) in [6, 6.07) is -2.26. The summed E-state index contributed by atoms with van der Waals surface area (Å²) in [5.74, 6) is -0.663. The van der Waals surface area contributed by atoms with Crippen LogP contribution < -0.4 is 5.73 Å². The van der Waals surface area contributed by atoms with Crippen molar-refractivity contribution in [2.45, 2.75) is 24.9 Å². The van der Waals surface area contributed by atoms with E-state index in [1.165, 1.54) is 0 Å². The van der Waals surface area contributed by atoms with E-state index < -0.39 is 34.3 Å². The molecule has 2 aliphatic heterocycles. The molecule has 2 atom stereocenters. The Labute approximate surface area is 91.9 Å². The predicted molar refractivity (Wildman–Crippen MR) is 51.5 cm³/mol. The molecule has 2 unspecified atom stereocenters. The van der Waals surface area contributed by atoms with Gasteiger partial charge < -0.3 is 10.6 Å². The molecule has 9 heteroatoms. The van der Waals surface area contributed by atoms with Crippen molar-refractivity contribution in [3.05, 3.63) is 0 Å². The van der Waals surface area contributed by atoms with Crippen LogP contribution in [0.15, 0.2) is 0 Å². The monoisotopic (exact) mass is 249 g/mol. The van der Waals surface area contributed by atoms with Gasteiger partial charge in [0, 0.05) is 6.54 Å². The maximum absolute atomic E-state index is 11.7. The minimum atomic E-state index is -4.57. The number of urea groups is 1. The van der Waals surface area contributed by atoms with E-state index in [-0.39, 0.29) is 6.54 Å². The number of carbonyl (C=O) groups excluding carboxylic acids is 2. The van der Waals surface area contributed by atoms with E-state index in [4.69, 9.17) is 10.3 Å². The summed E-state index contributed by atoms with van der Waals surface area (Å²) in [4.78, 5) is 23.8. The molecule has 0 aromatic heterocycles. The van der Waals surface area contributed by atoms with E-state index >= 15 is 0 Å². The number of piperidine rings is 1. The lowest BCUT2D eigenvalue weighted by Gasteiger charge is -2.27. The summed E-state index contributed by atoms with van der Waals surface area (Å²) in [5.41, 5.74) is 5.11. The van der Waals surface area contributed by atoms with Crippen molar-refractivity contribution in [2.75, 3.05) is 6.54 Å². The van der Waals surface area contributed by atoms with Gasteiger partial charge in [0.05, 0.1) is 6.04 Å². The van der Waals surface area contributed by atoms with Crippen molar-refractivity contribution in [1.29, 1.82) is 0 Å². The largest absolute Gasteiger partial charge is 0.368 e. The van der Waals surface area contributed by atoms with Gasteiger partial charge in [-0.05, 0) is 12.8 Å². The molecule has 0 radical (unpaired) electrons. The number of hydrogen-bond donors (Lipinski definition) is 2. The van der Waals surface area contributed by atoms with Crippen LogP contribution >= 0.6 is 0 Å². The molecule has 16 heavy (non-hydrogen) atoms. The molecule has 2 bridgehead atoms. The van der Waals surface area contributed by atoms with Crippen LogP contribution in [0.3, 0.4) is 0 Å². The summed E-state index contributed by atoms with van der Waals surface area (Å²) in [6.45, 7) is 0.103. The molecule has 2 saturated heterocycles. The highest BCUT2D eigenvalue weighted by atomic mass is 32.2. The van der Waals surface area contributed by atoms with Gasteiger partial charge in [-0.15, -0.1) is 0 Å². The molecule has 2 fully saturated rings. The minimum absolute atomic E-state index is 0.103. The lowest BCUT2D eigenvalue weighted by Crippen LogP contribution is -2.48. The van der Waals surface area contributed by atoms with Crippen LogP contribution in [0.2, 0.25) is 0 Å². The molecule has 0 saturated carbocycles. The van der Waals surface area contributed by atoms with Gasteiger partial charge in [0.2, 0.25) is 5.91 Å². The number of amides is 3. The zero-order valence-corrected chi connectivity index (χ0v) is 9.05. The Hall–Kier alpha value is -1.35. The fourth-order valence-electron chi connectivity index (χ4n) is 2.22. The molecule has 2 aliphatic rings. The number of primary amides is 1. The summed E-state index contributed by atoms with van der Waals surface area (Å²) >= 11 is 0. The number of nitrogens with two attached hydrogens (primary N) is 1. The van der Waals surface area contributed by atoms with Crippen LogP contribution in [0.4, 0.5) is 4.79 Å². The Morgan fingerprint density at radius 2 is 2.06 bits per heavy atom. The highest BCUT2D eigenvalue weighted by molar-refractivity contribution is 7.84. The Balaban J connectivity index is 2.33. The molecule has 3 amide bonds. The normalized spacial score (nSPS) is 29.7. The number of nitrogens with zero attached hydrogens (tertiary/aromatic N) is 2. The topological polar surface area (TPSA) is 121 Å². The maximum atomic E-state index is 11.7. The van der Waals surface area contributed by atoms with E-state index in [0.717, 1.165) is 4.90 Å². The van der Waals surface area contributed by atoms with E-state index in [9.17, 15) is 18.0 Å². The summed E-state index contributed by atoms with van der Waals surface area (Å²) < 4.78 is 31.3. The lowest BCUT2D eigenvalue weighted by atomic mass is 10.0. The first-order valence-corrected chi connectivity index (χ1v) is 6.09. The molecule has 0 aromatic carbocycles. The highest BCUT2D eigenvalue weighted by Crippen LogP contribution is 2.31. The van der Waals surface area contributed by atoms with Gasteiger partial charge in [-0.3, -0.25) is 9.35 Å². The molecule has 0 spiro atoms. The fraction of sp³-hybridized carbons (Fsp3) is 0.714. The second kappa shape index (κ2) is 3.32. The Morgan fingerprint density at radius 1 is 1.44 bits per heavy atom. The van der Waals surface area contributed by atoms with E-state index in [2.05, 4.69) is 0 Å². The van der Waals surface area contributed by atoms with Crippen LogP contribution in [0.1, 0.15) is 12.8 Å². The quantitative estimate of drug-likeness (QED) is 0.579. The molecule has 8 nitrogen and oxygen atoms in total. The van der Waals surface area contributed by atoms with Gasteiger partial charge in [0.25, 0.3) is 0 Å². The molecule has 3 N–H and O–H groups in total. The zero-order chi connectivity index (χ0) is 12.1. The molecule has 2 rings (SSSR count). The maximum Gasteiger partial charge on any atom is 0.363 e. The Morgan fingerprint density at radius 3 is 2.56 bits per heavy atom. The fourth-order valence-corrected chi connectivity index (χ4v) is 3.07. The third kappa shape index (κ3) is 1.52. The third-order valence-corrected chi connectivity index (χ3v) is 3.85. The Bertz CT molecular complexity index is 447. The number of carbonyl (C=O) groups is 2. The van der Waals surface area contributed by atoms with Crippen LogP contribution in [-0.2, 0) is 15.1 Å². The lowest BCUT2D eigenvalue weighted by molar-refractivity contribution is -0.122. The smallest absolute Gasteiger partial charge is 0.363 e. The number of fused-ring (bicyclic) bond motifs is 2. The molecular weight excluding hydrogens is 238 g/mol. The van der Waals surface area contributed by atoms with E-state index in [0.29, 0.717) is 17.1 Å². The summed E-state index contributed by atoms with van der Waals surface area (Å²) in [5, 5.41) is 0. The first-order chi connectivity index (χ1) is 7.32. The van der Waals surface area contributed by atoms with Crippen molar-refractivity contribution < 1.29 is 22.6 Å². The second-order valence-corrected chi connectivity index (χ2v) is 5.15. The summed E-state index contributed by atoms with van der Waals surface area (Å²) in [6.07, 6.45) is 0.646. The zero-order valence-electron chi connectivity index (χ0n) is 8.24. The SMILES string of the molecule is NC(=O)C1CCC2CN1C(=O)N2S(=O)(=O)O. The minimum Gasteiger partial charge on any atom is -0.368 e. The van der Waals surface area contributed by atoms with Crippen LogP contribution in [0, 0.1) is 0 Å². The first-order valence-electron chi connectivity index (χ1n) is 4.69. The predicted octanol–water partition coefficient (Wildman–Crippen LogP) is -1.46. The van der Waals surface area contributed by atoms with Crippen molar-refractivity contribution in [1.82, 2.24) is 9.21 Å². The van der Waals surface area contributed by atoms with Crippen molar-refractivity contribution in [3.63, 3.8) is 0 Å². The first kappa shape index (κ1) is 11.1. The molecular formula is C7H11N3O5S. The average molecular weight is 249 g/mol. The standard InChI is InChI=1S/C7H11N3O5S/c8-6(11)5-2-1-4-3-9(5)7(12)10(4)16(13,14)15/h4-5H,1-3H2,(H2,8,11)(H,13,14,15).